The van der Waals surface area contributed by atoms with Gasteiger partial charge in [-0.1, -0.05) is 0 Å². The molecule has 0 aliphatic heterocycles. The van der Waals surface area contributed by atoms with Crippen molar-refractivity contribution < 1.29 is 17.9 Å². The Morgan fingerprint density at radius 3 is 2.28 bits per heavy atom. The van der Waals surface area contributed by atoms with Gasteiger partial charge in [0.1, 0.15) is 6.07 Å². The fourth-order valence-corrected chi connectivity index (χ4v) is 3.27. The van der Waals surface area contributed by atoms with Crippen LogP contribution in [0.15, 0.2) is 41.3 Å². The number of hydrogen-bond acceptors (Lipinski definition) is 6. The number of nitrogens with zero attached hydrogens (tertiary/aromatic N) is 2. The van der Waals surface area contributed by atoms with E-state index in [1.807, 2.05) is 25.1 Å². The van der Waals surface area contributed by atoms with Crippen LogP contribution >= 0.6 is 0 Å². The number of sulfonamides is 1. The van der Waals surface area contributed by atoms with Gasteiger partial charge in [-0.05, 0) is 30.3 Å². The molecule has 2 rings (SSSR count). The summed E-state index contributed by atoms with van der Waals surface area (Å²) in [6.07, 6.45) is 0. The number of hydrogen-bond donors (Lipinski definition) is 1. The van der Waals surface area contributed by atoms with E-state index in [0.717, 1.165) is 5.69 Å². The van der Waals surface area contributed by atoms with Gasteiger partial charge in [0.25, 0.3) is 10.0 Å². The van der Waals surface area contributed by atoms with E-state index in [2.05, 4.69) is 4.72 Å². The van der Waals surface area contributed by atoms with E-state index in [1.165, 1.54) is 32.4 Å². The summed E-state index contributed by atoms with van der Waals surface area (Å²) in [4.78, 5) is 1.82. The molecule has 1 N–H and O–H groups in total. The van der Waals surface area contributed by atoms with Gasteiger partial charge in [0, 0.05) is 25.8 Å². The highest BCUT2D eigenvalue weighted by Gasteiger charge is 2.19. The number of rotatable bonds is 6. The first-order valence-corrected chi connectivity index (χ1v) is 8.77. The van der Waals surface area contributed by atoms with E-state index in [9.17, 15) is 13.7 Å². The third kappa shape index (κ3) is 3.95. The second kappa shape index (κ2) is 7.32. The van der Waals surface area contributed by atoms with Gasteiger partial charge in [0.05, 0.1) is 30.4 Å². The summed E-state index contributed by atoms with van der Waals surface area (Å²) in [5.74, 6) is 0.724. The maximum Gasteiger partial charge on any atom is 0.262 e. The Bertz CT molecular complexity index is 918. The fourth-order valence-electron chi connectivity index (χ4n) is 2.18. The van der Waals surface area contributed by atoms with Crippen molar-refractivity contribution in [1.29, 1.82) is 5.26 Å². The van der Waals surface area contributed by atoms with Crippen molar-refractivity contribution in [2.45, 2.75) is 4.90 Å². The molecule has 2 aromatic rings. The van der Waals surface area contributed by atoms with Crippen LogP contribution in [0.1, 0.15) is 5.56 Å². The van der Waals surface area contributed by atoms with Gasteiger partial charge in [-0.2, -0.15) is 5.26 Å². The number of methoxy groups -OCH3 is 2. The highest BCUT2D eigenvalue weighted by molar-refractivity contribution is 7.92. The predicted molar refractivity (Wildman–Crippen MR) is 95.8 cm³/mol. The molecule has 0 aromatic heterocycles. The van der Waals surface area contributed by atoms with Gasteiger partial charge < -0.3 is 14.4 Å². The largest absolute Gasteiger partial charge is 0.493 e. The molecule has 0 saturated heterocycles. The highest BCUT2D eigenvalue weighted by atomic mass is 32.2. The number of ether oxygens (including phenoxy) is 2. The molecule has 0 amide bonds. The Balaban J connectivity index is 2.46. The van der Waals surface area contributed by atoms with Crippen LogP contribution < -0.4 is 19.1 Å². The van der Waals surface area contributed by atoms with Gasteiger partial charge in [-0.15, -0.1) is 0 Å². The van der Waals surface area contributed by atoms with Crippen LogP contribution in [0, 0.1) is 11.3 Å². The van der Waals surface area contributed by atoms with Crippen LogP contribution in [0.5, 0.6) is 11.5 Å². The first-order valence-electron chi connectivity index (χ1n) is 7.28. The van der Waals surface area contributed by atoms with Gasteiger partial charge in [-0.3, -0.25) is 4.72 Å². The van der Waals surface area contributed by atoms with Crippen molar-refractivity contribution in [2.24, 2.45) is 0 Å². The van der Waals surface area contributed by atoms with Crippen LogP contribution in [0.25, 0.3) is 0 Å². The summed E-state index contributed by atoms with van der Waals surface area (Å²) in [6, 6.07) is 11.2. The van der Waals surface area contributed by atoms with Gasteiger partial charge in [-0.25, -0.2) is 8.42 Å². The Kier molecular flexibility index (Phi) is 5.39. The topological polar surface area (TPSA) is 91.7 Å². The summed E-state index contributed by atoms with van der Waals surface area (Å²) >= 11 is 0. The highest BCUT2D eigenvalue weighted by Crippen LogP contribution is 2.31. The minimum Gasteiger partial charge on any atom is -0.493 e. The van der Waals surface area contributed by atoms with Crippen LogP contribution in [0.3, 0.4) is 0 Å². The van der Waals surface area contributed by atoms with Gasteiger partial charge in [0.2, 0.25) is 0 Å². The van der Waals surface area contributed by atoms with E-state index < -0.39 is 10.0 Å². The van der Waals surface area contributed by atoms with E-state index >= 15 is 0 Å². The van der Waals surface area contributed by atoms with Crippen molar-refractivity contribution in [3.05, 3.63) is 42.0 Å². The molecule has 132 valence electrons. The maximum atomic E-state index is 12.7. The monoisotopic (exact) mass is 361 g/mol. The third-order valence-electron chi connectivity index (χ3n) is 3.55. The SMILES string of the molecule is COc1ccc(S(=O)(=O)Nc2cc(N(C)C)ccc2C#N)cc1OC. The van der Waals surface area contributed by atoms with Crippen molar-refractivity contribution in [3.8, 4) is 17.6 Å². The molecule has 25 heavy (non-hydrogen) atoms. The summed E-state index contributed by atoms with van der Waals surface area (Å²) in [7, 11) is 2.65. The van der Waals surface area contributed by atoms with Crippen LogP contribution in [0.4, 0.5) is 11.4 Å². The quantitative estimate of drug-likeness (QED) is 0.850. The Labute approximate surface area is 147 Å². The van der Waals surface area contributed by atoms with E-state index in [1.54, 1.807) is 18.2 Å². The lowest BCUT2D eigenvalue weighted by molar-refractivity contribution is 0.354. The van der Waals surface area contributed by atoms with E-state index in [0.29, 0.717) is 11.5 Å². The Morgan fingerprint density at radius 1 is 1.04 bits per heavy atom. The zero-order chi connectivity index (χ0) is 18.6. The fraction of sp³-hybridized carbons (Fsp3) is 0.235. The Morgan fingerprint density at radius 2 is 1.72 bits per heavy atom. The summed E-state index contributed by atoms with van der Waals surface area (Å²) in [5, 5.41) is 9.23. The molecule has 0 saturated carbocycles. The molecule has 0 fully saturated rings. The molecule has 0 heterocycles. The second-order valence-electron chi connectivity index (χ2n) is 5.36. The molecule has 0 aliphatic rings. The lowest BCUT2D eigenvalue weighted by atomic mass is 10.2. The number of benzene rings is 2. The van der Waals surface area contributed by atoms with Crippen molar-refractivity contribution in [3.63, 3.8) is 0 Å². The third-order valence-corrected chi connectivity index (χ3v) is 4.91. The van der Waals surface area contributed by atoms with E-state index in [-0.39, 0.29) is 16.1 Å². The molecule has 7 nitrogen and oxygen atoms in total. The minimum absolute atomic E-state index is 0.00398. The number of anilines is 2. The van der Waals surface area contributed by atoms with Gasteiger partial charge >= 0.3 is 0 Å². The molecule has 0 unspecified atom stereocenters. The number of nitrogens with one attached hydrogen (secondary N) is 1. The molecule has 0 bridgehead atoms. The molecule has 0 spiro atoms. The van der Waals surface area contributed by atoms with Crippen molar-refractivity contribution in [2.75, 3.05) is 37.9 Å². The van der Waals surface area contributed by atoms with Crippen LogP contribution in [0.2, 0.25) is 0 Å². The molecular formula is C17H19N3O4S. The first kappa shape index (κ1) is 18.4. The summed E-state index contributed by atoms with van der Waals surface area (Å²) < 4.78 is 38.1. The summed E-state index contributed by atoms with van der Waals surface area (Å²) in [5.41, 5.74) is 1.21. The average molecular weight is 361 g/mol. The molecule has 0 aliphatic carbocycles. The van der Waals surface area contributed by atoms with E-state index in [4.69, 9.17) is 9.47 Å². The first-order chi connectivity index (χ1) is 11.8. The van der Waals surface area contributed by atoms with Crippen molar-refractivity contribution >= 4 is 21.4 Å². The zero-order valence-electron chi connectivity index (χ0n) is 14.4. The second-order valence-corrected chi connectivity index (χ2v) is 7.04. The van der Waals surface area contributed by atoms with Gasteiger partial charge in [0.15, 0.2) is 11.5 Å². The smallest absolute Gasteiger partial charge is 0.262 e. The normalized spacial score (nSPS) is 10.7. The summed E-state index contributed by atoms with van der Waals surface area (Å²) in [6.45, 7) is 0. The molecular weight excluding hydrogens is 342 g/mol. The Hall–Kier alpha value is -2.92. The molecule has 0 radical (unpaired) electrons. The minimum atomic E-state index is -3.90. The van der Waals surface area contributed by atoms with Crippen molar-refractivity contribution in [1.82, 2.24) is 0 Å². The standard InChI is InChI=1S/C17H19N3O4S/c1-20(2)13-6-5-12(11-18)15(9-13)19-25(21,22)14-7-8-16(23-3)17(10-14)24-4/h5-10,19H,1-4H3. The molecule has 0 atom stereocenters. The maximum absolute atomic E-state index is 12.7. The number of nitriles is 1. The molecule has 2 aromatic carbocycles. The predicted octanol–water partition coefficient (Wildman–Crippen LogP) is 2.44. The van der Waals surface area contributed by atoms with Crippen LogP contribution in [-0.2, 0) is 10.0 Å². The lowest BCUT2D eigenvalue weighted by Gasteiger charge is -2.16. The lowest BCUT2D eigenvalue weighted by Crippen LogP contribution is -2.15. The zero-order valence-corrected chi connectivity index (χ0v) is 15.2. The van der Waals surface area contributed by atoms with Crippen LogP contribution in [-0.4, -0.2) is 36.7 Å². The average Bonchev–Trinajstić information content (AvgIpc) is 2.60. The molecule has 8 heteroatoms.